The highest BCUT2D eigenvalue weighted by atomic mass is 35.5. The first kappa shape index (κ1) is 22.4. The van der Waals surface area contributed by atoms with Crippen LogP contribution in [0.5, 0.6) is 11.5 Å². The number of hydrogen-bond donors (Lipinski definition) is 1. The third-order valence-corrected chi connectivity index (χ3v) is 5.19. The Morgan fingerprint density at radius 2 is 2.10 bits per heavy atom. The maximum absolute atomic E-state index is 12.7. The van der Waals surface area contributed by atoms with Crippen molar-refractivity contribution in [3.8, 4) is 11.5 Å². The second kappa shape index (κ2) is 11.2. The number of amides is 1. The Kier molecular flexibility index (Phi) is 8.37. The van der Waals surface area contributed by atoms with Gasteiger partial charge in [-0.15, -0.1) is 0 Å². The molecule has 6 nitrogen and oxygen atoms in total. The van der Waals surface area contributed by atoms with Crippen LogP contribution in [0, 0.1) is 0 Å². The van der Waals surface area contributed by atoms with Crippen molar-refractivity contribution in [1.29, 1.82) is 0 Å². The first-order valence-corrected chi connectivity index (χ1v) is 10.6. The van der Waals surface area contributed by atoms with Gasteiger partial charge in [0.25, 0.3) is 5.91 Å². The minimum absolute atomic E-state index is 0.0593. The average Bonchev–Trinajstić information content (AvgIpc) is 2.77. The third-order valence-electron chi connectivity index (χ3n) is 4.90. The summed E-state index contributed by atoms with van der Waals surface area (Å²) in [5.74, 6) is 0.690. The summed E-state index contributed by atoms with van der Waals surface area (Å²) in [6.45, 7) is 6.14. The van der Waals surface area contributed by atoms with Crippen molar-refractivity contribution in [3.05, 3.63) is 58.6 Å². The van der Waals surface area contributed by atoms with E-state index < -0.39 is 0 Å². The van der Waals surface area contributed by atoms with Gasteiger partial charge in [0.2, 0.25) is 0 Å². The molecule has 0 radical (unpaired) electrons. The van der Waals surface area contributed by atoms with Crippen LogP contribution in [-0.2, 0) is 11.3 Å². The van der Waals surface area contributed by atoms with Gasteiger partial charge in [0.05, 0.1) is 31.5 Å². The van der Waals surface area contributed by atoms with Crippen LogP contribution in [0.1, 0.15) is 29.3 Å². The Morgan fingerprint density at radius 3 is 2.83 bits per heavy atom. The van der Waals surface area contributed by atoms with Gasteiger partial charge >= 0.3 is 0 Å². The summed E-state index contributed by atoms with van der Waals surface area (Å²) in [5.41, 5.74) is 1.70. The molecule has 3 rings (SSSR count). The zero-order valence-electron chi connectivity index (χ0n) is 17.5. The number of nitrogens with zero attached hydrogens (tertiary/aromatic N) is 1. The quantitative estimate of drug-likeness (QED) is 0.653. The molecule has 1 saturated heterocycles. The van der Waals surface area contributed by atoms with E-state index in [1.165, 1.54) is 12.7 Å². The molecule has 1 unspecified atom stereocenters. The molecule has 1 N–H and O–H groups in total. The van der Waals surface area contributed by atoms with Crippen LogP contribution >= 0.6 is 11.6 Å². The number of hydrogen-bond acceptors (Lipinski definition) is 5. The summed E-state index contributed by atoms with van der Waals surface area (Å²) in [7, 11) is 1.53. The molecule has 1 atom stereocenters. The molecule has 30 heavy (non-hydrogen) atoms. The van der Waals surface area contributed by atoms with Crippen molar-refractivity contribution >= 4 is 17.5 Å². The Labute approximate surface area is 183 Å². The summed E-state index contributed by atoms with van der Waals surface area (Å²) in [4.78, 5) is 15.0. The van der Waals surface area contributed by atoms with Gasteiger partial charge in [-0.3, -0.25) is 9.69 Å². The molecule has 0 aliphatic carbocycles. The summed E-state index contributed by atoms with van der Waals surface area (Å²) in [6.07, 6.45) is 0.792. The lowest BCUT2D eigenvalue weighted by Crippen LogP contribution is -2.47. The first-order chi connectivity index (χ1) is 14.6. The van der Waals surface area contributed by atoms with Crippen molar-refractivity contribution in [2.75, 3.05) is 40.0 Å². The lowest BCUT2D eigenvalue weighted by molar-refractivity contribution is -0.0292. The number of nitrogens with one attached hydrogen (secondary N) is 1. The zero-order chi connectivity index (χ0) is 21.3. The van der Waals surface area contributed by atoms with Gasteiger partial charge in [-0.25, -0.2) is 0 Å². The van der Waals surface area contributed by atoms with Crippen LogP contribution in [0.15, 0.2) is 42.5 Å². The molecule has 0 saturated carbocycles. The summed E-state index contributed by atoms with van der Waals surface area (Å²) in [5, 5.41) is 3.31. The lowest BCUT2D eigenvalue weighted by Gasteiger charge is -2.33. The number of morpholine rings is 1. The molecular weight excluding hydrogens is 404 g/mol. The van der Waals surface area contributed by atoms with Gasteiger partial charge in [0.1, 0.15) is 0 Å². The molecule has 7 heteroatoms. The molecule has 162 valence electrons. The minimum Gasteiger partial charge on any atom is -0.493 e. The van der Waals surface area contributed by atoms with Gasteiger partial charge in [0, 0.05) is 31.7 Å². The van der Waals surface area contributed by atoms with Crippen LogP contribution in [0.4, 0.5) is 0 Å². The van der Waals surface area contributed by atoms with Gasteiger partial charge < -0.3 is 19.5 Å². The monoisotopic (exact) mass is 432 g/mol. The van der Waals surface area contributed by atoms with Crippen molar-refractivity contribution in [1.82, 2.24) is 10.2 Å². The topological polar surface area (TPSA) is 60.0 Å². The van der Waals surface area contributed by atoms with Crippen LogP contribution in [0.2, 0.25) is 5.02 Å². The highest BCUT2D eigenvalue weighted by Crippen LogP contribution is 2.36. The number of halogens is 1. The predicted octanol–water partition coefficient (Wildman–Crippen LogP) is 3.77. The van der Waals surface area contributed by atoms with Crippen LogP contribution in [0.3, 0.4) is 0 Å². The van der Waals surface area contributed by atoms with Gasteiger partial charge in [-0.1, -0.05) is 48.9 Å². The molecule has 1 heterocycles. The van der Waals surface area contributed by atoms with E-state index in [9.17, 15) is 4.79 Å². The highest BCUT2D eigenvalue weighted by molar-refractivity contribution is 6.32. The molecule has 1 amide bonds. The molecule has 2 aromatic rings. The summed E-state index contributed by atoms with van der Waals surface area (Å²) in [6, 6.07) is 13.6. The van der Waals surface area contributed by atoms with E-state index in [2.05, 4.69) is 22.3 Å². The molecule has 0 spiro atoms. The molecular formula is C23H29ClN2O4. The van der Waals surface area contributed by atoms with Gasteiger partial charge in [0.15, 0.2) is 11.5 Å². The number of benzene rings is 2. The van der Waals surface area contributed by atoms with Crippen LogP contribution in [0.25, 0.3) is 0 Å². The molecule has 1 aliphatic rings. The normalized spacial score (nSPS) is 16.8. The van der Waals surface area contributed by atoms with E-state index in [1.807, 2.05) is 25.1 Å². The maximum Gasteiger partial charge on any atom is 0.251 e. The second-order valence-corrected chi connectivity index (χ2v) is 7.67. The number of ether oxygens (including phenoxy) is 3. The van der Waals surface area contributed by atoms with E-state index in [1.54, 1.807) is 12.1 Å². The van der Waals surface area contributed by atoms with Crippen LogP contribution < -0.4 is 14.8 Å². The number of carbonyl (C=O) groups excluding carboxylic acids is 1. The molecule has 0 bridgehead atoms. The Morgan fingerprint density at radius 1 is 1.30 bits per heavy atom. The zero-order valence-corrected chi connectivity index (χ0v) is 18.3. The molecule has 0 aromatic heterocycles. The summed E-state index contributed by atoms with van der Waals surface area (Å²) < 4.78 is 16.8. The maximum atomic E-state index is 12.7. The van der Waals surface area contributed by atoms with Crippen molar-refractivity contribution in [2.24, 2.45) is 0 Å². The Balaban J connectivity index is 1.56. The van der Waals surface area contributed by atoms with Gasteiger partial charge in [-0.05, 0) is 24.1 Å². The third kappa shape index (κ3) is 6.11. The highest BCUT2D eigenvalue weighted by Gasteiger charge is 2.22. The standard InChI is InChI=1S/C23H29ClN2O4/c1-3-10-30-22-20(24)12-18(13-21(22)28-2)23(27)25-14-19-16-26(9-11-29-19)15-17-7-5-4-6-8-17/h4-8,12-13,19H,3,9-11,14-16H2,1-2H3,(H,25,27). The Bertz CT molecular complexity index is 831. The van der Waals surface area contributed by atoms with E-state index in [0.717, 1.165) is 26.1 Å². The van der Waals surface area contributed by atoms with Crippen molar-refractivity contribution in [2.45, 2.75) is 26.0 Å². The molecule has 1 fully saturated rings. The van der Waals surface area contributed by atoms with Crippen molar-refractivity contribution < 1.29 is 19.0 Å². The first-order valence-electron chi connectivity index (χ1n) is 10.3. The smallest absolute Gasteiger partial charge is 0.251 e. The fourth-order valence-corrected chi connectivity index (χ4v) is 3.66. The van der Waals surface area contributed by atoms with Gasteiger partial charge in [-0.2, -0.15) is 0 Å². The fraction of sp³-hybridized carbons (Fsp3) is 0.435. The minimum atomic E-state index is -0.221. The SMILES string of the molecule is CCCOc1c(Cl)cc(C(=O)NCC2CN(Cc3ccccc3)CCO2)cc1OC. The van der Waals surface area contributed by atoms with E-state index in [4.69, 9.17) is 25.8 Å². The lowest BCUT2D eigenvalue weighted by atomic mass is 10.1. The fourth-order valence-electron chi connectivity index (χ4n) is 3.39. The predicted molar refractivity (Wildman–Crippen MR) is 118 cm³/mol. The number of rotatable bonds is 9. The summed E-state index contributed by atoms with van der Waals surface area (Å²) >= 11 is 6.32. The van der Waals surface area contributed by atoms with E-state index in [-0.39, 0.29) is 12.0 Å². The molecule has 2 aromatic carbocycles. The van der Waals surface area contributed by atoms with E-state index in [0.29, 0.717) is 41.8 Å². The number of carbonyl (C=O) groups is 1. The van der Waals surface area contributed by atoms with Crippen molar-refractivity contribution in [3.63, 3.8) is 0 Å². The largest absolute Gasteiger partial charge is 0.493 e. The average molecular weight is 433 g/mol. The molecule has 1 aliphatic heterocycles. The van der Waals surface area contributed by atoms with E-state index >= 15 is 0 Å². The second-order valence-electron chi connectivity index (χ2n) is 7.26. The Hall–Kier alpha value is -2.28. The van der Waals surface area contributed by atoms with Crippen LogP contribution in [-0.4, -0.2) is 56.9 Å². The number of methoxy groups -OCH3 is 1.